The van der Waals surface area contributed by atoms with Crippen LogP contribution < -0.4 is 4.74 Å². The second-order valence-corrected chi connectivity index (χ2v) is 5.72. The summed E-state index contributed by atoms with van der Waals surface area (Å²) in [4.78, 5) is -0.309. The van der Waals surface area contributed by atoms with Gasteiger partial charge in [0.1, 0.15) is 5.75 Å². The largest absolute Gasteiger partial charge is 0.497 e. The molecular formula is C11H10F3NO3S. The van der Waals surface area contributed by atoms with Gasteiger partial charge in [-0.25, -0.2) is 8.42 Å². The average molecular weight is 293 g/mol. The van der Waals surface area contributed by atoms with Crippen LogP contribution in [-0.4, -0.2) is 27.5 Å². The maximum atomic E-state index is 12.4. The quantitative estimate of drug-likeness (QED) is 0.853. The molecule has 0 heterocycles. The minimum absolute atomic E-state index is 0.210. The molecule has 1 aromatic carbocycles. The fourth-order valence-corrected chi connectivity index (χ4v) is 2.79. The smallest absolute Gasteiger partial charge is 0.405 e. The van der Waals surface area contributed by atoms with Gasteiger partial charge < -0.3 is 4.74 Å². The van der Waals surface area contributed by atoms with E-state index in [1.54, 1.807) is 0 Å². The van der Waals surface area contributed by atoms with Gasteiger partial charge in [0, 0.05) is 0 Å². The van der Waals surface area contributed by atoms with Crippen LogP contribution in [0, 0.1) is 17.2 Å². The zero-order chi connectivity index (χ0) is 14.7. The summed E-state index contributed by atoms with van der Waals surface area (Å²) in [6, 6.07) is 6.04. The molecule has 0 aromatic heterocycles. The van der Waals surface area contributed by atoms with E-state index < -0.39 is 27.7 Å². The van der Waals surface area contributed by atoms with Crippen LogP contribution in [0.2, 0.25) is 0 Å². The Kier molecular flexibility index (Phi) is 4.42. The molecule has 0 aliphatic rings. The molecule has 0 fully saturated rings. The normalized spacial score (nSPS) is 13.6. The van der Waals surface area contributed by atoms with Gasteiger partial charge in [-0.2, -0.15) is 18.4 Å². The monoisotopic (exact) mass is 293 g/mol. The molecular weight excluding hydrogens is 283 g/mol. The third-order valence-corrected chi connectivity index (χ3v) is 4.08. The number of hydrogen-bond donors (Lipinski definition) is 0. The van der Waals surface area contributed by atoms with Gasteiger partial charge in [-0.3, -0.25) is 0 Å². The van der Waals surface area contributed by atoms with E-state index >= 15 is 0 Å². The van der Waals surface area contributed by atoms with Gasteiger partial charge in [-0.15, -0.1) is 0 Å². The van der Waals surface area contributed by atoms with Gasteiger partial charge in [-0.05, 0) is 18.2 Å². The van der Waals surface area contributed by atoms with Gasteiger partial charge in [0.2, 0.25) is 0 Å². The number of nitrogens with zero attached hydrogens (tertiary/aromatic N) is 1. The second-order valence-electron chi connectivity index (χ2n) is 3.68. The maximum Gasteiger partial charge on any atom is 0.405 e. The van der Waals surface area contributed by atoms with Crippen molar-refractivity contribution in [3.63, 3.8) is 0 Å². The predicted octanol–water partition coefficient (Wildman–Crippen LogP) is 2.17. The summed E-state index contributed by atoms with van der Waals surface area (Å²) in [5, 5.41) is 8.41. The standard InChI is InChI=1S/C11H10F3NO3S/c1-18-9-3-2-4-10(5-9)19(16,17)7-8(6-15)11(12,13)14/h2-5,8H,7H2,1H3. The summed E-state index contributed by atoms with van der Waals surface area (Å²) in [7, 11) is -2.90. The number of nitriles is 1. The molecule has 0 amide bonds. The van der Waals surface area contributed by atoms with Crippen LogP contribution >= 0.6 is 0 Å². The Labute approximate surface area is 108 Å². The summed E-state index contributed by atoms with van der Waals surface area (Å²) < 4.78 is 65.6. The van der Waals surface area contributed by atoms with E-state index in [2.05, 4.69) is 0 Å². The van der Waals surface area contributed by atoms with Crippen LogP contribution in [0.1, 0.15) is 0 Å². The number of benzene rings is 1. The highest BCUT2D eigenvalue weighted by Crippen LogP contribution is 2.29. The van der Waals surface area contributed by atoms with E-state index in [0.717, 1.165) is 18.2 Å². The van der Waals surface area contributed by atoms with Crippen molar-refractivity contribution in [2.24, 2.45) is 5.92 Å². The number of ether oxygens (including phenoxy) is 1. The Hall–Kier alpha value is -1.75. The topological polar surface area (TPSA) is 67.2 Å². The van der Waals surface area contributed by atoms with E-state index in [1.807, 2.05) is 0 Å². The molecule has 19 heavy (non-hydrogen) atoms. The van der Waals surface area contributed by atoms with Crippen LogP contribution in [0.15, 0.2) is 29.2 Å². The van der Waals surface area contributed by atoms with Crippen molar-refractivity contribution in [1.82, 2.24) is 0 Å². The molecule has 0 saturated carbocycles. The van der Waals surface area contributed by atoms with Gasteiger partial charge in [0.25, 0.3) is 0 Å². The molecule has 8 heteroatoms. The highest BCUT2D eigenvalue weighted by molar-refractivity contribution is 7.91. The van der Waals surface area contributed by atoms with Crippen molar-refractivity contribution in [2.75, 3.05) is 12.9 Å². The van der Waals surface area contributed by atoms with Crippen molar-refractivity contribution in [3.8, 4) is 11.8 Å². The van der Waals surface area contributed by atoms with Crippen LogP contribution in [0.3, 0.4) is 0 Å². The first-order valence-electron chi connectivity index (χ1n) is 5.04. The van der Waals surface area contributed by atoms with E-state index in [1.165, 1.54) is 19.2 Å². The number of hydrogen-bond acceptors (Lipinski definition) is 4. The molecule has 1 rings (SSSR count). The molecule has 1 unspecified atom stereocenters. The van der Waals surface area contributed by atoms with Crippen molar-refractivity contribution in [2.45, 2.75) is 11.1 Å². The molecule has 0 saturated heterocycles. The van der Waals surface area contributed by atoms with E-state index in [9.17, 15) is 21.6 Å². The molecule has 1 aromatic rings. The molecule has 0 radical (unpaired) electrons. The minimum Gasteiger partial charge on any atom is -0.497 e. The highest BCUT2D eigenvalue weighted by Gasteiger charge is 2.43. The first-order chi connectivity index (χ1) is 8.70. The Morgan fingerprint density at radius 3 is 2.53 bits per heavy atom. The average Bonchev–Trinajstić information content (AvgIpc) is 2.34. The van der Waals surface area contributed by atoms with Crippen molar-refractivity contribution in [1.29, 1.82) is 5.26 Å². The molecule has 4 nitrogen and oxygen atoms in total. The number of halogens is 3. The van der Waals surface area contributed by atoms with Gasteiger partial charge >= 0.3 is 6.18 Å². The zero-order valence-electron chi connectivity index (χ0n) is 9.81. The first kappa shape index (κ1) is 15.3. The summed E-state index contributed by atoms with van der Waals surface area (Å²) >= 11 is 0. The van der Waals surface area contributed by atoms with E-state index in [-0.39, 0.29) is 10.6 Å². The predicted molar refractivity (Wildman–Crippen MR) is 60.2 cm³/mol. The number of sulfone groups is 1. The third kappa shape index (κ3) is 3.86. The van der Waals surface area contributed by atoms with Gasteiger partial charge in [0.05, 0.1) is 23.8 Å². The minimum atomic E-state index is -4.87. The lowest BCUT2D eigenvalue weighted by Crippen LogP contribution is -2.28. The van der Waals surface area contributed by atoms with Crippen LogP contribution in [0.5, 0.6) is 5.75 Å². The van der Waals surface area contributed by atoms with Crippen LogP contribution in [0.25, 0.3) is 0 Å². The first-order valence-corrected chi connectivity index (χ1v) is 6.69. The van der Waals surface area contributed by atoms with Crippen molar-refractivity contribution < 1.29 is 26.3 Å². The van der Waals surface area contributed by atoms with E-state index in [0.29, 0.717) is 0 Å². The lowest BCUT2D eigenvalue weighted by atomic mass is 10.2. The van der Waals surface area contributed by atoms with E-state index in [4.69, 9.17) is 10.00 Å². The zero-order valence-corrected chi connectivity index (χ0v) is 10.6. The fraction of sp³-hybridized carbons (Fsp3) is 0.364. The number of alkyl halides is 3. The Balaban J connectivity index is 3.08. The summed E-state index contributed by atoms with van der Waals surface area (Å²) in [5.74, 6) is -3.65. The summed E-state index contributed by atoms with van der Waals surface area (Å²) in [6.07, 6.45) is -4.87. The Morgan fingerprint density at radius 1 is 1.42 bits per heavy atom. The SMILES string of the molecule is COc1cccc(S(=O)(=O)CC(C#N)C(F)(F)F)c1. The molecule has 1 atom stereocenters. The maximum absolute atomic E-state index is 12.4. The number of rotatable bonds is 4. The third-order valence-electron chi connectivity index (χ3n) is 2.34. The second kappa shape index (κ2) is 5.48. The Bertz CT molecular complexity index is 590. The van der Waals surface area contributed by atoms with Gasteiger partial charge in [0.15, 0.2) is 15.8 Å². The van der Waals surface area contributed by atoms with Crippen molar-refractivity contribution in [3.05, 3.63) is 24.3 Å². The number of methoxy groups -OCH3 is 1. The molecule has 0 N–H and O–H groups in total. The van der Waals surface area contributed by atoms with Crippen LogP contribution in [-0.2, 0) is 9.84 Å². The molecule has 0 aliphatic carbocycles. The van der Waals surface area contributed by atoms with Crippen molar-refractivity contribution >= 4 is 9.84 Å². The summed E-state index contributed by atoms with van der Waals surface area (Å²) in [6.45, 7) is 0. The molecule has 0 spiro atoms. The molecule has 0 bridgehead atoms. The summed E-state index contributed by atoms with van der Waals surface area (Å²) in [5.41, 5.74) is 0. The lowest BCUT2D eigenvalue weighted by molar-refractivity contribution is -0.153. The highest BCUT2D eigenvalue weighted by atomic mass is 32.2. The van der Waals surface area contributed by atoms with Crippen LogP contribution in [0.4, 0.5) is 13.2 Å². The Morgan fingerprint density at radius 2 is 2.05 bits per heavy atom. The lowest BCUT2D eigenvalue weighted by Gasteiger charge is -2.13. The molecule has 104 valence electrons. The van der Waals surface area contributed by atoms with Gasteiger partial charge in [-0.1, -0.05) is 6.07 Å². The molecule has 0 aliphatic heterocycles. The fourth-order valence-electron chi connectivity index (χ4n) is 1.32.